The molecule has 0 bridgehead atoms. The van der Waals surface area contributed by atoms with Crippen LogP contribution < -0.4 is 5.73 Å². The minimum atomic E-state index is 0.463. The molecule has 0 spiro atoms. The fraction of sp³-hybridized carbons (Fsp3) is 0.733. The van der Waals surface area contributed by atoms with Crippen molar-refractivity contribution in [2.24, 2.45) is 18.9 Å². The number of imidazole rings is 1. The molecular formula is C15H25N5. The first-order chi connectivity index (χ1) is 9.58. The molecule has 20 heavy (non-hydrogen) atoms. The molecule has 110 valence electrons. The molecule has 2 heterocycles. The normalized spacial score (nSPS) is 26.7. The molecule has 1 aliphatic rings. The van der Waals surface area contributed by atoms with E-state index in [1.807, 2.05) is 11.7 Å². The summed E-state index contributed by atoms with van der Waals surface area (Å²) < 4.78 is 4.19. The third-order valence-corrected chi connectivity index (χ3v) is 5.14. The summed E-state index contributed by atoms with van der Waals surface area (Å²) in [5.74, 6) is 2.10. The van der Waals surface area contributed by atoms with Crippen molar-refractivity contribution in [3.63, 3.8) is 0 Å². The first-order valence-electron chi connectivity index (χ1n) is 7.77. The summed E-state index contributed by atoms with van der Waals surface area (Å²) in [6.07, 6.45) is 4.63. The van der Waals surface area contributed by atoms with Gasteiger partial charge in [0.1, 0.15) is 5.52 Å². The fourth-order valence-electron chi connectivity index (χ4n) is 3.95. The van der Waals surface area contributed by atoms with Gasteiger partial charge in [-0.1, -0.05) is 27.2 Å². The molecular weight excluding hydrogens is 250 g/mol. The predicted octanol–water partition coefficient (Wildman–Crippen LogP) is 2.91. The SMILES string of the molecule is CCc1nn(C)c2c1nc(N)n2C1CCC(CC)C1C. The lowest BCUT2D eigenvalue weighted by Crippen LogP contribution is -2.18. The monoisotopic (exact) mass is 275 g/mol. The Bertz CT molecular complexity index is 624. The van der Waals surface area contributed by atoms with Crippen molar-refractivity contribution < 1.29 is 0 Å². The van der Waals surface area contributed by atoms with Crippen LogP contribution in [0.4, 0.5) is 5.95 Å². The number of aromatic nitrogens is 4. The number of nitrogens with two attached hydrogens (primary N) is 1. The fourth-order valence-corrected chi connectivity index (χ4v) is 3.95. The van der Waals surface area contributed by atoms with Crippen molar-refractivity contribution in [2.45, 2.75) is 52.5 Å². The molecule has 0 aliphatic heterocycles. The second-order valence-corrected chi connectivity index (χ2v) is 6.11. The van der Waals surface area contributed by atoms with Gasteiger partial charge < -0.3 is 5.73 Å². The maximum Gasteiger partial charge on any atom is 0.202 e. The molecule has 5 nitrogen and oxygen atoms in total. The minimum absolute atomic E-state index is 0.463. The van der Waals surface area contributed by atoms with Crippen LogP contribution in [0, 0.1) is 11.8 Å². The maximum atomic E-state index is 6.23. The zero-order chi connectivity index (χ0) is 14.4. The maximum absolute atomic E-state index is 6.23. The molecule has 5 heteroatoms. The van der Waals surface area contributed by atoms with E-state index in [1.54, 1.807) is 0 Å². The molecule has 0 amide bonds. The Morgan fingerprint density at radius 1 is 1.30 bits per heavy atom. The Balaban J connectivity index is 2.12. The Morgan fingerprint density at radius 3 is 2.65 bits per heavy atom. The van der Waals surface area contributed by atoms with Crippen LogP contribution in [-0.2, 0) is 13.5 Å². The summed E-state index contributed by atoms with van der Waals surface area (Å²) >= 11 is 0. The van der Waals surface area contributed by atoms with Gasteiger partial charge in [0.05, 0.1) is 5.69 Å². The number of hydrogen-bond acceptors (Lipinski definition) is 3. The van der Waals surface area contributed by atoms with Gasteiger partial charge in [0.15, 0.2) is 5.65 Å². The van der Waals surface area contributed by atoms with Gasteiger partial charge in [0.2, 0.25) is 5.95 Å². The zero-order valence-corrected chi connectivity index (χ0v) is 12.9. The van der Waals surface area contributed by atoms with Crippen molar-refractivity contribution in [1.29, 1.82) is 0 Å². The molecule has 0 saturated heterocycles. The number of aryl methyl sites for hydroxylation is 2. The average molecular weight is 275 g/mol. The van der Waals surface area contributed by atoms with Crippen LogP contribution in [0.15, 0.2) is 0 Å². The van der Waals surface area contributed by atoms with E-state index in [2.05, 4.69) is 35.4 Å². The highest BCUT2D eigenvalue weighted by molar-refractivity contribution is 5.78. The molecule has 1 aliphatic carbocycles. The minimum Gasteiger partial charge on any atom is -0.369 e. The molecule has 2 aromatic rings. The lowest BCUT2D eigenvalue weighted by molar-refractivity contribution is 0.334. The van der Waals surface area contributed by atoms with Crippen molar-refractivity contribution in [1.82, 2.24) is 19.3 Å². The van der Waals surface area contributed by atoms with Crippen LogP contribution in [-0.4, -0.2) is 19.3 Å². The Morgan fingerprint density at radius 2 is 2.05 bits per heavy atom. The Kier molecular flexibility index (Phi) is 3.22. The molecule has 1 saturated carbocycles. The Labute approximate surface area is 120 Å². The molecule has 0 radical (unpaired) electrons. The number of hydrogen-bond donors (Lipinski definition) is 1. The van der Waals surface area contributed by atoms with Crippen molar-refractivity contribution in [3.8, 4) is 0 Å². The summed E-state index contributed by atoms with van der Waals surface area (Å²) in [7, 11) is 2.00. The van der Waals surface area contributed by atoms with E-state index in [-0.39, 0.29) is 0 Å². The standard InChI is InChI=1S/C15H25N5/c1-5-10-7-8-12(9(10)3)20-14-13(17-15(20)16)11(6-2)18-19(14)4/h9-10,12H,5-8H2,1-4H3,(H2,16,17). The molecule has 1 fully saturated rings. The first-order valence-corrected chi connectivity index (χ1v) is 7.77. The van der Waals surface area contributed by atoms with E-state index in [0.717, 1.165) is 29.2 Å². The molecule has 3 rings (SSSR count). The molecule has 2 aromatic heterocycles. The average Bonchev–Trinajstić information content (AvgIpc) is 3.04. The van der Waals surface area contributed by atoms with E-state index in [4.69, 9.17) is 5.73 Å². The van der Waals surface area contributed by atoms with Crippen molar-refractivity contribution >= 4 is 17.1 Å². The molecule has 3 unspecified atom stereocenters. The van der Waals surface area contributed by atoms with Crippen LogP contribution in [0.5, 0.6) is 0 Å². The summed E-state index contributed by atoms with van der Waals surface area (Å²) in [4.78, 5) is 4.59. The topological polar surface area (TPSA) is 61.7 Å². The van der Waals surface area contributed by atoms with Crippen molar-refractivity contribution in [3.05, 3.63) is 5.69 Å². The van der Waals surface area contributed by atoms with E-state index in [0.29, 0.717) is 17.9 Å². The second kappa shape index (κ2) is 4.79. The largest absolute Gasteiger partial charge is 0.369 e. The number of anilines is 1. The van der Waals surface area contributed by atoms with Crippen LogP contribution in [0.3, 0.4) is 0 Å². The van der Waals surface area contributed by atoms with Crippen LogP contribution in [0.1, 0.15) is 51.8 Å². The van der Waals surface area contributed by atoms with Crippen LogP contribution in [0.25, 0.3) is 11.2 Å². The third kappa shape index (κ3) is 1.75. The lowest BCUT2D eigenvalue weighted by atomic mass is 9.93. The Hall–Kier alpha value is -1.52. The molecule has 0 aromatic carbocycles. The molecule has 2 N–H and O–H groups in total. The number of nitrogens with zero attached hydrogens (tertiary/aromatic N) is 4. The highest BCUT2D eigenvalue weighted by atomic mass is 15.4. The van der Waals surface area contributed by atoms with Gasteiger partial charge in [-0.3, -0.25) is 9.25 Å². The number of fused-ring (bicyclic) bond motifs is 1. The smallest absolute Gasteiger partial charge is 0.202 e. The zero-order valence-electron chi connectivity index (χ0n) is 12.9. The van der Waals surface area contributed by atoms with Crippen molar-refractivity contribution in [2.75, 3.05) is 5.73 Å². The predicted molar refractivity (Wildman–Crippen MR) is 81.5 cm³/mol. The van der Waals surface area contributed by atoms with Crippen LogP contribution in [0.2, 0.25) is 0 Å². The highest BCUT2D eigenvalue weighted by Gasteiger charge is 2.35. The highest BCUT2D eigenvalue weighted by Crippen LogP contribution is 2.44. The van der Waals surface area contributed by atoms with Gasteiger partial charge in [-0.25, -0.2) is 4.98 Å². The summed E-state index contributed by atoms with van der Waals surface area (Å²) in [5, 5.41) is 4.58. The van der Waals surface area contributed by atoms with Gasteiger partial charge in [0.25, 0.3) is 0 Å². The van der Waals surface area contributed by atoms with E-state index < -0.39 is 0 Å². The number of nitrogen functional groups attached to an aromatic ring is 1. The summed E-state index contributed by atoms with van der Waals surface area (Å²) in [5.41, 5.74) is 9.35. The van der Waals surface area contributed by atoms with E-state index in [1.165, 1.54) is 19.3 Å². The number of rotatable bonds is 3. The van der Waals surface area contributed by atoms with Gasteiger partial charge >= 0.3 is 0 Å². The van der Waals surface area contributed by atoms with Gasteiger partial charge in [-0.05, 0) is 31.1 Å². The van der Waals surface area contributed by atoms with Crippen LogP contribution >= 0.6 is 0 Å². The third-order valence-electron chi connectivity index (χ3n) is 5.14. The summed E-state index contributed by atoms with van der Waals surface area (Å²) in [6, 6.07) is 0.463. The van der Waals surface area contributed by atoms with Gasteiger partial charge in [-0.15, -0.1) is 0 Å². The van der Waals surface area contributed by atoms with Gasteiger partial charge in [0, 0.05) is 13.1 Å². The van der Waals surface area contributed by atoms with E-state index in [9.17, 15) is 0 Å². The molecule has 3 atom stereocenters. The second-order valence-electron chi connectivity index (χ2n) is 6.11. The lowest BCUT2D eigenvalue weighted by Gasteiger charge is -2.22. The quantitative estimate of drug-likeness (QED) is 0.937. The first kappa shape index (κ1) is 13.5. The van der Waals surface area contributed by atoms with E-state index >= 15 is 0 Å². The summed E-state index contributed by atoms with van der Waals surface area (Å²) in [6.45, 7) is 6.76. The van der Waals surface area contributed by atoms with Gasteiger partial charge in [-0.2, -0.15) is 5.10 Å².